The van der Waals surface area contributed by atoms with E-state index in [1.807, 2.05) is 6.92 Å². The van der Waals surface area contributed by atoms with Crippen molar-refractivity contribution in [1.82, 2.24) is 15.5 Å². The highest BCUT2D eigenvalue weighted by molar-refractivity contribution is 6.06. The minimum Gasteiger partial charge on any atom is -0.349 e. The molecule has 136 valence electrons. The van der Waals surface area contributed by atoms with Crippen molar-refractivity contribution in [2.45, 2.75) is 51.2 Å². The summed E-state index contributed by atoms with van der Waals surface area (Å²) >= 11 is 0. The molecule has 2 atom stereocenters. The topological polar surface area (TPSA) is 95.6 Å². The van der Waals surface area contributed by atoms with Crippen molar-refractivity contribution in [1.29, 1.82) is 0 Å². The summed E-state index contributed by atoms with van der Waals surface area (Å²) in [5.41, 5.74) is 1.78. The Morgan fingerprint density at radius 3 is 2.69 bits per heavy atom. The van der Waals surface area contributed by atoms with Crippen molar-refractivity contribution in [2.24, 2.45) is 5.92 Å². The zero-order valence-corrected chi connectivity index (χ0v) is 14.6. The summed E-state index contributed by atoms with van der Waals surface area (Å²) in [7, 11) is 0. The van der Waals surface area contributed by atoms with E-state index in [2.05, 4.69) is 10.6 Å². The molecule has 4 rings (SSSR count). The molecule has 3 aliphatic rings. The Bertz CT molecular complexity index is 815. The van der Waals surface area contributed by atoms with Crippen LogP contribution in [0.1, 0.15) is 58.9 Å². The molecule has 0 radical (unpaired) electrons. The molecule has 0 bridgehead atoms. The second-order valence-electron chi connectivity index (χ2n) is 7.37. The van der Waals surface area contributed by atoms with Crippen molar-refractivity contribution in [3.63, 3.8) is 0 Å². The normalized spacial score (nSPS) is 23.5. The molecule has 7 nitrogen and oxygen atoms in total. The minimum atomic E-state index is -0.639. The van der Waals surface area contributed by atoms with E-state index in [1.54, 1.807) is 18.2 Å². The van der Waals surface area contributed by atoms with Crippen LogP contribution in [0.15, 0.2) is 18.2 Å². The predicted octanol–water partition coefficient (Wildman–Crippen LogP) is 0.976. The molecule has 1 aromatic rings. The third kappa shape index (κ3) is 2.98. The van der Waals surface area contributed by atoms with Gasteiger partial charge >= 0.3 is 0 Å². The van der Waals surface area contributed by atoms with Crippen LogP contribution in [-0.2, 0) is 16.1 Å². The molecule has 26 heavy (non-hydrogen) atoms. The second kappa shape index (κ2) is 6.23. The number of amides is 4. The molecule has 1 saturated heterocycles. The fourth-order valence-electron chi connectivity index (χ4n) is 3.72. The summed E-state index contributed by atoms with van der Waals surface area (Å²) in [6.45, 7) is 2.29. The number of carbonyl (C=O) groups excluding carboxylic acids is 4. The molecule has 1 saturated carbocycles. The van der Waals surface area contributed by atoms with Gasteiger partial charge in [-0.25, -0.2) is 0 Å². The number of rotatable bonds is 4. The van der Waals surface area contributed by atoms with E-state index in [9.17, 15) is 19.2 Å². The number of benzene rings is 1. The first-order chi connectivity index (χ1) is 12.4. The van der Waals surface area contributed by atoms with Gasteiger partial charge in [-0.15, -0.1) is 0 Å². The van der Waals surface area contributed by atoms with Gasteiger partial charge in [0.1, 0.15) is 6.04 Å². The molecule has 1 aliphatic carbocycles. The van der Waals surface area contributed by atoms with Gasteiger partial charge in [0.15, 0.2) is 0 Å². The maximum absolute atomic E-state index is 12.6. The van der Waals surface area contributed by atoms with Crippen LogP contribution >= 0.6 is 0 Å². The number of hydrogen-bond acceptors (Lipinski definition) is 4. The van der Waals surface area contributed by atoms with Crippen molar-refractivity contribution in [3.8, 4) is 0 Å². The average molecular weight is 355 g/mol. The quantitative estimate of drug-likeness (QED) is 0.787. The molecular formula is C19H21N3O4. The molecule has 2 aliphatic heterocycles. The molecule has 2 heterocycles. The zero-order valence-electron chi connectivity index (χ0n) is 14.6. The van der Waals surface area contributed by atoms with Gasteiger partial charge in [-0.1, -0.05) is 0 Å². The molecule has 2 unspecified atom stereocenters. The Balaban J connectivity index is 1.50. The summed E-state index contributed by atoms with van der Waals surface area (Å²) in [6, 6.07) is 4.55. The average Bonchev–Trinajstić information content (AvgIpc) is 3.40. The number of imide groups is 1. The van der Waals surface area contributed by atoms with E-state index < -0.39 is 11.9 Å². The van der Waals surface area contributed by atoms with Crippen LogP contribution in [0.4, 0.5) is 0 Å². The van der Waals surface area contributed by atoms with E-state index in [1.165, 1.54) is 4.90 Å². The third-order valence-electron chi connectivity index (χ3n) is 5.47. The van der Waals surface area contributed by atoms with Crippen LogP contribution in [0.2, 0.25) is 0 Å². The van der Waals surface area contributed by atoms with Crippen LogP contribution in [0.3, 0.4) is 0 Å². The van der Waals surface area contributed by atoms with Gasteiger partial charge in [-0.3, -0.25) is 24.5 Å². The number of hydrogen-bond donors (Lipinski definition) is 2. The Morgan fingerprint density at radius 1 is 1.23 bits per heavy atom. The van der Waals surface area contributed by atoms with Crippen LogP contribution in [0.25, 0.3) is 0 Å². The van der Waals surface area contributed by atoms with E-state index in [0.29, 0.717) is 23.5 Å². The molecule has 7 heteroatoms. The summed E-state index contributed by atoms with van der Waals surface area (Å²) < 4.78 is 0. The van der Waals surface area contributed by atoms with Crippen LogP contribution in [0.5, 0.6) is 0 Å². The molecular weight excluding hydrogens is 334 g/mol. The second-order valence-corrected chi connectivity index (χ2v) is 7.37. The molecule has 0 aromatic heterocycles. The summed E-state index contributed by atoms with van der Waals surface area (Å²) in [5, 5.41) is 5.29. The number of nitrogens with zero attached hydrogens (tertiary/aromatic N) is 1. The lowest BCUT2D eigenvalue weighted by Gasteiger charge is -2.29. The van der Waals surface area contributed by atoms with E-state index >= 15 is 0 Å². The summed E-state index contributed by atoms with van der Waals surface area (Å²) in [6.07, 6.45) is 2.86. The van der Waals surface area contributed by atoms with Crippen molar-refractivity contribution >= 4 is 23.6 Å². The van der Waals surface area contributed by atoms with Gasteiger partial charge in [0.25, 0.3) is 11.8 Å². The Kier molecular flexibility index (Phi) is 4.01. The number of piperidine rings is 1. The highest BCUT2D eigenvalue weighted by Crippen LogP contribution is 2.32. The number of fused-ring (bicyclic) bond motifs is 1. The third-order valence-corrected chi connectivity index (χ3v) is 5.47. The van der Waals surface area contributed by atoms with Gasteiger partial charge < -0.3 is 10.2 Å². The van der Waals surface area contributed by atoms with Crippen LogP contribution in [0, 0.1) is 5.92 Å². The maximum Gasteiger partial charge on any atom is 0.255 e. The first kappa shape index (κ1) is 16.8. The maximum atomic E-state index is 12.6. The van der Waals surface area contributed by atoms with Gasteiger partial charge in [0, 0.05) is 30.1 Å². The highest BCUT2D eigenvalue weighted by atomic mass is 16.2. The smallest absolute Gasteiger partial charge is 0.255 e. The Labute approximate surface area is 151 Å². The number of nitrogens with one attached hydrogen (secondary N) is 2. The van der Waals surface area contributed by atoms with Crippen LogP contribution in [-0.4, -0.2) is 40.6 Å². The van der Waals surface area contributed by atoms with Gasteiger partial charge in [-0.2, -0.15) is 0 Å². The minimum absolute atomic E-state index is 0.140. The number of carbonyl (C=O) groups is 4. The zero-order chi connectivity index (χ0) is 18.4. The van der Waals surface area contributed by atoms with Crippen molar-refractivity contribution in [2.75, 3.05) is 0 Å². The van der Waals surface area contributed by atoms with Gasteiger partial charge in [0.05, 0.1) is 0 Å². The molecule has 2 fully saturated rings. The largest absolute Gasteiger partial charge is 0.349 e. The monoisotopic (exact) mass is 355 g/mol. The first-order valence-corrected chi connectivity index (χ1v) is 9.02. The highest BCUT2D eigenvalue weighted by Gasteiger charge is 2.39. The lowest BCUT2D eigenvalue weighted by atomic mass is 10.0. The predicted molar refractivity (Wildman–Crippen MR) is 92.1 cm³/mol. The fourth-order valence-corrected chi connectivity index (χ4v) is 3.72. The molecule has 2 N–H and O–H groups in total. The SMILES string of the molecule is CC(NC(=O)c1ccc2c(c1)CN(C1CCC(=O)NC1=O)C2=O)C1CC1. The molecule has 4 amide bonds. The molecule has 0 spiro atoms. The Hall–Kier alpha value is -2.70. The fraction of sp³-hybridized carbons (Fsp3) is 0.474. The van der Waals surface area contributed by atoms with E-state index in [-0.39, 0.29) is 36.7 Å². The van der Waals surface area contributed by atoms with E-state index in [0.717, 1.165) is 18.4 Å². The van der Waals surface area contributed by atoms with Gasteiger partial charge in [-0.05, 0) is 55.9 Å². The first-order valence-electron chi connectivity index (χ1n) is 9.02. The lowest BCUT2D eigenvalue weighted by molar-refractivity contribution is -0.136. The van der Waals surface area contributed by atoms with Crippen LogP contribution < -0.4 is 10.6 Å². The van der Waals surface area contributed by atoms with Crippen molar-refractivity contribution < 1.29 is 19.2 Å². The Morgan fingerprint density at radius 2 is 2.00 bits per heavy atom. The summed E-state index contributed by atoms with van der Waals surface area (Å²) in [4.78, 5) is 49.9. The standard InChI is InChI=1S/C19H21N3O4/c1-10(11-2-3-11)20-17(24)12-4-5-14-13(8-12)9-22(19(14)26)15-6-7-16(23)21-18(15)25/h4-5,8,10-11,15H,2-3,6-7,9H2,1H3,(H,20,24)(H,21,23,25). The molecule has 1 aromatic carbocycles. The van der Waals surface area contributed by atoms with E-state index in [4.69, 9.17) is 0 Å². The lowest BCUT2D eigenvalue weighted by Crippen LogP contribution is -2.52. The van der Waals surface area contributed by atoms with Crippen molar-refractivity contribution in [3.05, 3.63) is 34.9 Å². The summed E-state index contributed by atoms with van der Waals surface area (Å²) in [5.74, 6) is -0.539. The van der Waals surface area contributed by atoms with Gasteiger partial charge in [0.2, 0.25) is 11.8 Å².